The standard InChI is InChI=1S/C32H36Cl2N4O4/c1-37(19-20-8-4-2-5-9-20)16-17-38-28(30(40)35-21-10-6-3-7-11-21)32-15-14-25(42-32)26(27(32)31(38)41)29(39)36-22-12-13-23(33)24(34)18-22/h2,4-5,8-9,12-15,18,21,25-28H,3,6-7,10-11,16-17,19H2,1H3,(H,35,40)(H,36,39). The third-order valence-electron chi connectivity index (χ3n) is 9.08. The normalized spacial score (nSPS) is 28.4. The van der Waals surface area contributed by atoms with E-state index in [1.165, 1.54) is 12.0 Å². The molecule has 3 heterocycles. The lowest BCUT2D eigenvalue weighted by Crippen LogP contribution is -2.57. The third kappa shape index (κ3) is 5.46. The fourth-order valence-electron chi connectivity index (χ4n) is 7.09. The smallest absolute Gasteiger partial charge is 0.246 e. The van der Waals surface area contributed by atoms with Crippen molar-refractivity contribution in [3.63, 3.8) is 0 Å². The summed E-state index contributed by atoms with van der Waals surface area (Å²) in [7, 11) is 2.00. The molecule has 2 bridgehead atoms. The number of hydrogen-bond acceptors (Lipinski definition) is 5. The zero-order valence-corrected chi connectivity index (χ0v) is 25.1. The van der Waals surface area contributed by atoms with Crippen molar-refractivity contribution in [3.8, 4) is 0 Å². The minimum Gasteiger partial charge on any atom is -0.359 e. The Morgan fingerprint density at radius 2 is 1.81 bits per heavy atom. The predicted molar refractivity (Wildman–Crippen MR) is 162 cm³/mol. The topological polar surface area (TPSA) is 91.0 Å². The first kappa shape index (κ1) is 29.2. The second kappa shape index (κ2) is 12.0. The van der Waals surface area contributed by atoms with Crippen LogP contribution in [0.3, 0.4) is 0 Å². The van der Waals surface area contributed by atoms with E-state index in [9.17, 15) is 14.4 Å². The number of nitrogens with one attached hydrogen (secondary N) is 2. The number of amides is 3. The lowest BCUT2D eigenvalue weighted by Gasteiger charge is -2.34. The number of nitrogens with zero attached hydrogens (tertiary/aromatic N) is 2. The van der Waals surface area contributed by atoms with E-state index in [-0.39, 0.29) is 23.8 Å². The van der Waals surface area contributed by atoms with Crippen LogP contribution in [0.1, 0.15) is 37.7 Å². The summed E-state index contributed by atoms with van der Waals surface area (Å²) >= 11 is 12.2. The van der Waals surface area contributed by atoms with Gasteiger partial charge in [0.05, 0.1) is 28.0 Å². The number of halogens is 2. The van der Waals surface area contributed by atoms with E-state index >= 15 is 0 Å². The van der Waals surface area contributed by atoms with Crippen molar-refractivity contribution in [3.05, 3.63) is 76.3 Å². The number of anilines is 1. The van der Waals surface area contributed by atoms with Crippen LogP contribution in [0.15, 0.2) is 60.7 Å². The van der Waals surface area contributed by atoms with Crippen LogP contribution in [-0.4, -0.2) is 71.4 Å². The predicted octanol–water partition coefficient (Wildman–Crippen LogP) is 4.66. The highest BCUT2D eigenvalue weighted by atomic mass is 35.5. The summed E-state index contributed by atoms with van der Waals surface area (Å²) < 4.78 is 6.47. The zero-order chi connectivity index (χ0) is 29.4. The van der Waals surface area contributed by atoms with Crippen LogP contribution in [0.4, 0.5) is 5.69 Å². The molecule has 2 N–H and O–H groups in total. The molecule has 10 heteroatoms. The largest absolute Gasteiger partial charge is 0.359 e. The summed E-state index contributed by atoms with van der Waals surface area (Å²) in [5.41, 5.74) is 0.448. The van der Waals surface area contributed by atoms with Crippen molar-refractivity contribution in [2.75, 3.05) is 25.5 Å². The molecule has 6 rings (SSSR count). The average Bonchev–Trinajstić information content (AvgIpc) is 3.62. The Hall–Kier alpha value is -2.91. The van der Waals surface area contributed by atoms with Gasteiger partial charge >= 0.3 is 0 Å². The second-order valence-electron chi connectivity index (χ2n) is 11.9. The van der Waals surface area contributed by atoms with E-state index in [1.54, 1.807) is 23.1 Å². The molecule has 3 aliphatic heterocycles. The Bertz CT molecular complexity index is 1380. The maximum absolute atomic E-state index is 14.2. The molecule has 4 aliphatic rings. The van der Waals surface area contributed by atoms with Gasteiger partial charge in [0.25, 0.3) is 0 Å². The first-order chi connectivity index (χ1) is 20.3. The number of benzene rings is 2. The molecule has 8 nitrogen and oxygen atoms in total. The van der Waals surface area contributed by atoms with Gasteiger partial charge in [-0.3, -0.25) is 14.4 Å². The van der Waals surface area contributed by atoms with Gasteiger partial charge in [-0.25, -0.2) is 0 Å². The van der Waals surface area contributed by atoms with E-state index in [4.69, 9.17) is 27.9 Å². The van der Waals surface area contributed by atoms with Crippen molar-refractivity contribution in [2.24, 2.45) is 11.8 Å². The van der Waals surface area contributed by atoms with Crippen LogP contribution < -0.4 is 10.6 Å². The molecule has 0 radical (unpaired) electrons. The van der Waals surface area contributed by atoms with Gasteiger partial charge in [-0.1, -0.05) is 84.9 Å². The summed E-state index contributed by atoms with van der Waals surface area (Å²) in [5.74, 6) is -2.38. The van der Waals surface area contributed by atoms with Crippen LogP contribution in [0.5, 0.6) is 0 Å². The molecular formula is C32H36Cl2N4O4. The Kier molecular flexibility index (Phi) is 8.33. The van der Waals surface area contributed by atoms with Gasteiger partial charge in [0.1, 0.15) is 11.6 Å². The van der Waals surface area contributed by atoms with E-state index < -0.39 is 29.6 Å². The van der Waals surface area contributed by atoms with Crippen molar-refractivity contribution in [2.45, 2.75) is 62.4 Å². The van der Waals surface area contributed by atoms with E-state index in [2.05, 4.69) is 27.7 Å². The molecule has 0 aromatic heterocycles. The van der Waals surface area contributed by atoms with E-state index in [0.29, 0.717) is 35.4 Å². The highest BCUT2D eigenvalue weighted by Crippen LogP contribution is 2.55. The number of rotatable bonds is 9. The molecule has 1 aliphatic carbocycles. The Morgan fingerprint density at radius 3 is 2.55 bits per heavy atom. The number of fused-ring (bicyclic) bond motifs is 1. The first-order valence-electron chi connectivity index (χ1n) is 14.7. The fraction of sp³-hybridized carbons (Fsp3) is 0.469. The summed E-state index contributed by atoms with van der Waals surface area (Å²) in [6.07, 6.45) is 8.25. The van der Waals surface area contributed by atoms with Crippen LogP contribution in [0.2, 0.25) is 10.0 Å². The Balaban J connectivity index is 1.25. The number of likely N-dealkylation sites (tertiary alicyclic amines) is 1. The Labute approximate surface area is 256 Å². The summed E-state index contributed by atoms with van der Waals surface area (Å²) in [4.78, 5) is 45.7. The fourth-order valence-corrected chi connectivity index (χ4v) is 7.39. The minimum absolute atomic E-state index is 0.0794. The van der Waals surface area contributed by atoms with Crippen LogP contribution >= 0.6 is 23.2 Å². The lowest BCUT2D eigenvalue weighted by molar-refractivity contribution is -0.141. The van der Waals surface area contributed by atoms with Crippen molar-refractivity contribution in [1.29, 1.82) is 0 Å². The molecular weight excluding hydrogens is 575 g/mol. The number of carbonyl (C=O) groups is 3. The maximum atomic E-state index is 14.2. The third-order valence-corrected chi connectivity index (χ3v) is 9.82. The Morgan fingerprint density at radius 1 is 1.05 bits per heavy atom. The molecule has 222 valence electrons. The first-order valence-corrected chi connectivity index (χ1v) is 15.5. The molecule has 2 saturated heterocycles. The molecule has 5 atom stereocenters. The zero-order valence-electron chi connectivity index (χ0n) is 23.6. The number of likely N-dealkylation sites (N-methyl/N-ethyl adjacent to an activating group) is 1. The molecule has 42 heavy (non-hydrogen) atoms. The highest BCUT2D eigenvalue weighted by Gasteiger charge is 2.72. The van der Waals surface area contributed by atoms with Crippen molar-refractivity contribution >= 4 is 46.6 Å². The van der Waals surface area contributed by atoms with Gasteiger partial charge in [0, 0.05) is 31.4 Å². The molecule has 3 fully saturated rings. The van der Waals surface area contributed by atoms with Crippen LogP contribution in [0, 0.1) is 11.8 Å². The number of carbonyl (C=O) groups excluding carboxylic acids is 3. The van der Waals surface area contributed by atoms with Gasteiger partial charge in [0.2, 0.25) is 17.7 Å². The lowest BCUT2D eigenvalue weighted by atomic mass is 9.74. The van der Waals surface area contributed by atoms with Crippen molar-refractivity contribution in [1.82, 2.24) is 15.1 Å². The molecule has 1 saturated carbocycles. The molecule has 1 spiro atoms. The summed E-state index contributed by atoms with van der Waals surface area (Å²) in [6, 6.07) is 14.2. The summed E-state index contributed by atoms with van der Waals surface area (Å²) in [6.45, 7) is 1.61. The molecule has 2 aromatic carbocycles. The van der Waals surface area contributed by atoms with Gasteiger partial charge < -0.3 is 25.2 Å². The number of ether oxygens (including phenoxy) is 1. The highest BCUT2D eigenvalue weighted by molar-refractivity contribution is 6.42. The number of hydrogen-bond donors (Lipinski definition) is 2. The monoisotopic (exact) mass is 610 g/mol. The van der Waals surface area contributed by atoms with E-state index in [1.807, 2.05) is 37.4 Å². The van der Waals surface area contributed by atoms with Crippen LogP contribution in [-0.2, 0) is 25.7 Å². The molecule has 2 aromatic rings. The molecule has 5 unspecified atom stereocenters. The average molecular weight is 612 g/mol. The van der Waals surface area contributed by atoms with Crippen molar-refractivity contribution < 1.29 is 19.1 Å². The van der Waals surface area contributed by atoms with Crippen LogP contribution in [0.25, 0.3) is 0 Å². The van der Waals surface area contributed by atoms with Gasteiger partial charge in [-0.05, 0) is 43.7 Å². The second-order valence-corrected chi connectivity index (χ2v) is 12.7. The molecule has 3 amide bonds. The minimum atomic E-state index is -1.20. The van der Waals surface area contributed by atoms with Gasteiger partial charge in [-0.15, -0.1) is 0 Å². The quantitative estimate of drug-likeness (QED) is 0.403. The maximum Gasteiger partial charge on any atom is 0.246 e. The van der Waals surface area contributed by atoms with Gasteiger partial charge in [0.15, 0.2) is 0 Å². The van der Waals surface area contributed by atoms with Gasteiger partial charge in [-0.2, -0.15) is 0 Å². The SMILES string of the molecule is CN(CCN1C(=O)C2C(C(=O)Nc3ccc(Cl)c(Cl)c3)C3C=CC2(O3)C1C(=O)NC1CCCCC1)Cc1ccccc1. The van der Waals surface area contributed by atoms with E-state index in [0.717, 1.165) is 25.7 Å². The summed E-state index contributed by atoms with van der Waals surface area (Å²) in [5, 5.41) is 6.83.